The maximum absolute atomic E-state index is 11.0. The van der Waals surface area contributed by atoms with Crippen molar-refractivity contribution in [3.05, 3.63) is 76.4 Å². The van der Waals surface area contributed by atoms with E-state index in [-0.39, 0.29) is 11.6 Å². The highest BCUT2D eigenvalue weighted by atomic mass is 16.4. The summed E-state index contributed by atoms with van der Waals surface area (Å²) in [7, 11) is 0. The molecular formula is C21H20NO2-. The first-order valence-corrected chi connectivity index (χ1v) is 8.40. The molecule has 3 nitrogen and oxygen atoms in total. The Bertz CT molecular complexity index is 836. The van der Waals surface area contributed by atoms with Crippen LogP contribution in [0.5, 0.6) is 0 Å². The van der Waals surface area contributed by atoms with E-state index in [0.29, 0.717) is 11.8 Å². The average molecular weight is 318 g/mol. The van der Waals surface area contributed by atoms with Gasteiger partial charge in [-0.05, 0) is 48.4 Å². The summed E-state index contributed by atoms with van der Waals surface area (Å²) in [4.78, 5) is 11.0. The summed E-state index contributed by atoms with van der Waals surface area (Å²) in [6.45, 7) is 4.29. The number of fused-ring (bicyclic) bond motifs is 3. The molecule has 0 amide bonds. The molecular weight excluding hydrogens is 298 g/mol. The molecule has 3 atom stereocenters. The van der Waals surface area contributed by atoms with Gasteiger partial charge in [0.2, 0.25) is 0 Å². The molecule has 0 spiro atoms. The van der Waals surface area contributed by atoms with E-state index in [1.807, 2.05) is 12.1 Å². The second kappa shape index (κ2) is 5.52. The SMILES string of the molecule is Cc1cc(C)c2c(c1)C1C=CCC1C(c1ccc(C(=O)[O-])cc1)N2. The van der Waals surface area contributed by atoms with Crippen molar-refractivity contribution >= 4 is 11.7 Å². The average Bonchev–Trinajstić information content (AvgIpc) is 3.04. The Morgan fingerprint density at radius 2 is 1.92 bits per heavy atom. The number of nitrogens with one attached hydrogen (secondary N) is 1. The van der Waals surface area contributed by atoms with Crippen molar-refractivity contribution < 1.29 is 9.90 Å². The first-order chi connectivity index (χ1) is 11.5. The minimum absolute atomic E-state index is 0.190. The number of aromatic carboxylic acids is 1. The fourth-order valence-corrected chi connectivity index (χ4v) is 4.23. The number of carboxylic acids is 1. The highest BCUT2D eigenvalue weighted by Crippen LogP contribution is 2.50. The lowest BCUT2D eigenvalue weighted by atomic mass is 9.76. The van der Waals surface area contributed by atoms with E-state index >= 15 is 0 Å². The zero-order valence-electron chi connectivity index (χ0n) is 13.9. The Balaban J connectivity index is 1.76. The van der Waals surface area contributed by atoms with E-state index in [4.69, 9.17) is 0 Å². The van der Waals surface area contributed by atoms with E-state index in [1.165, 1.54) is 22.4 Å². The molecule has 0 bridgehead atoms. The van der Waals surface area contributed by atoms with Gasteiger partial charge < -0.3 is 15.2 Å². The summed E-state index contributed by atoms with van der Waals surface area (Å²) in [5, 5.41) is 14.7. The van der Waals surface area contributed by atoms with Crippen molar-refractivity contribution in [3.63, 3.8) is 0 Å². The van der Waals surface area contributed by atoms with Gasteiger partial charge in [-0.25, -0.2) is 0 Å². The number of benzene rings is 2. The third kappa shape index (κ3) is 2.32. The van der Waals surface area contributed by atoms with Crippen LogP contribution in [-0.2, 0) is 0 Å². The maximum Gasteiger partial charge on any atom is 0.0715 e. The fraction of sp³-hybridized carbons (Fsp3) is 0.286. The number of hydrogen-bond acceptors (Lipinski definition) is 3. The van der Waals surface area contributed by atoms with Crippen molar-refractivity contribution in [2.75, 3.05) is 5.32 Å². The van der Waals surface area contributed by atoms with Crippen molar-refractivity contribution in [2.45, 2.75) is 32.2 Å². The second-order valence-electron chi connectivity index (χ2n) is 6.93. The van der Waals surface area contributed by atoms with Crippen LogP contribution in [0.4, 0.5) is 5.69 Å². The van der Waals surface area contributed by atoms with E-state index < -0.39 is 5.97 Å². The predicted molar refractivity (Wildman–Crippen MR) is 93.0 cm³/mol. The first kappa shape index (κ1) is 15.0. The molecule has 2 aliphatic rings. The molecule has 2 aromatic carbocycles. The Kier molecular flexibility index (Phi) is 3.45. The molecule has 1 aliphatic heterocycles. The van der Waals surface area contributed by atoms with Gasteiger partial charge in [0.25, 0.3) is 0 Å². The molecule has 2 aromatic rings. The molecule has 24 heavy (non-hydrogen) atoms. The zero-order chi connectivity index (χ0) is 16.8. The van der Waals surface area contributed by atoms with Crippen LogP contribution >= 0.6 is 0 Å². The Morgan fingerprint density at radius 3 is 2.62 bits per heavy atom. The maximum atomic E-state index is 11.0. The molecule has 0 saturated heterocycles. The first-order valence-electron chi connectivity index (χ1n) is 8.40. The number of allylic oxidation sites excluding steroid dienone is 2. The number of carbonyl (C=O) groups excluding carboxylic acids is 1. The highest BCUT2D eigenvalue weighted by Gasteiger charge is 2.38. The van der Waals surface area contributed by atoms with E-state index in [9.17, 15) is 9.90 Å². The molecule has 3 unspecified atom stereocenters. The van der Waals surface area contributed by atoms with Crippen LogP contribution in [0.15, 0.2) is 48.6 Å². The lowest BCUT2D eigenvalue weighted by Gasteiger charge is -2.38. The lowest BCUT2D eigenvalue weighted by Crippen LogP contribution is -2.30. The Morgan fingerprint density at radius 1 is 1.17 bits per heavy atom. The van der Waals surface area contributed by atoms with Crippen LogP contribution in [0, 0.1) is 19.8 Å². The van der Waals surface area contributed by atoms with Crippen LogP contribution < -0.4 is 10.4 Å². The van der Waals surface area contributed by atoms with E-state index in [0.717, 1.165) is 12.0 Å². The van der Waals surface area contributed by atoms with Crippen molar-refractivity contribution in [1.29, 1.82) is 0 Å². The minimum atomic E-state index is -1.13. The molecule has 1 heterocycles. The lowest BCUT2D eigenvalue weighted by molar-refractivity contribution is -0.255. The van der Waals surface area contributed by atoms with Gasteiger partial charge in [-0.1, -0.05) is 54.1 Å². The molecule has 122 valence electrons. The van der Waals surface area contributed by atoms with E-state index in [1.54, 1.807) is 12.1 Å². The smallest absolute Gasteiger partial charge is 0.0715 e. The van der Waals surface area contributed by atoms with Crippen LogP contribution in [-0.4, -0.2) is 5.97 Å². The fourth-order valence-electron chi connectivity index (χ4n) is 4.23. The number of hydrogen-bond donors (Lipinski definition) is 1. The molecule has 0 radical (unpaired) electrons. The largest absolute Gasteiger partial charge is 0.545 e. The van der Waals surface area contributed by atoms with Gasteiger partial charge >= 0.3 is 0 Å². The summed E-state index contributed by atoms with van der Waals surface area (Å²) < 4.78 is 0. The summed E-state index contributed by atoms with van der Waals surface area (Å²) in [5.74, 6) is -0.242. The normalized spacial score (nSPS) is 24.2. The van der Waals surface area contributed by atoms with Gasteiger partial charge in [0.1, 0.15) is 0 Å². The van der Waals surface area contributed by atoms with Crippen molar-refractivity contribution in [2.24, 2.45) is 5.92 Å². The summed E-state index contributed by atoms with van der Waals surface area (Å²) in [6, 6.07) is 11.8. The monoisotopic (exact) mass is 318 g/mol. The molecule has 1 aliphatic carbocycles. The standard InChI is InChI=1S/C21H21NO2/c1-12-10-13(2)19-18(11-12)16-4-3-5-17(16)20(22-19)14-6-8-15(9-7-14)21(23)24/h3-4,6-11,16-17,20,22H,5H2,1-2H3,(H,23,24)/p-1. The summed E-state index contributed by atoms with van der Waals surface area (Å²) >= 11 is 0. The van der Waals surface area contributed by atoms with Gasteiger partial charge in [-0.15, -0.1) is 0 Å². The number of carboxylic acid groups (broad SMARTS) is 1. The van der Waals surface area contributed by atoms with Gasteiger partial charge in [0.05, 0.1) is 12.0 Å². The third-order valence-corrected chi connectivity index (χ3v) is 5.32. The van der Waals surface area contributed by atoms with Crippen molar-refractivity contribution in [1.82, 2.24) is 0 Å². The molecule has 0 fully saturated rings. The number of rotatable bonds is 2. The number of aryl methyl sites for hydroxylation is 2. The van der Waals surface area contributed by atoms with Gasteiger partial charge in [0, 0.05) is 11.6 Å². The van der Waals surface area contributed by atoms with Crippen LogP contribution in [0.2, 0.25) is 0 Å². The zero-order valence-corrected chi connectivity index (χ0v) is 13.9. The highest BCUT2D eigenvalue weighted by molar-refractivity contribution is 5.85. The summed E-state index contributed by atoms with van der Waals surface area (Å²) in [6.07, 6.45) is 5.63. The van der Waals surface area contributed by atoms with Crippen molar-refractivity contribution in [3.8, 4) is 0 Å². The summed E-state index contributed by atoms with van der Waals surface area (Å²) in [5.41, 5.74) is 6.52. The Labute approximate surface area is 142 Å². The third-order valence-electron chi connectivity index (χ3n) is 5.32. The number of carbonyl (C=O) groups is 1. The molecule has 4 rings (SSSR count). The minimum Gasteiger partial charge on any atom is -0.545 e. The molecule has 3 heteroatoms. The second-order valence-corrected chi connectivity index (χ2v) is 6.93. The van der Waals surface area contributed by atoms with Gasteiger partial charge in [0.15, 0.2) is 0 Å². The topological polar surface area (TPSA) is 52.2 Å². The Hall–Kier alpha value is -2.55. The predicted octanol–water partition coefficient (Wildman–Crippen LogP) is 3.49. The molecule has 0 aromatic heterocycles. The van der Waals surface area contributed by atoms with Gasteiger partial charge in [-0.3, -0.25) is 0 Å². The van der Waals surface area contributed by atoms with Gasteiger partial charge in [-0.2, -0.15) is 0 Å². The van der Waals surface area contributed by atoms with Crippen LogP contribution in [0.3, 0.4) is 0 Å². The molecule has 0 saturated carbocycles. The number of anilines is 1. The quantitative estimate of drug-likeness (QED) is 0.862. The van der Waals surface area contributed by atoms with Crippen LogP contribution in [0.1, 0.15) is 51.0 Å². The van der Waals surface area contributed by atoms with E-state index in [2.05, 4.69) is 43.4 Å². The molecule has 1 N–H and O–H groups in total. The van der Waals surface area contributed by atoms with Crippen LogP contribution in [0.25, 0.3) is 0 Å².